The molecular formula is C15H28N2O2. The number of carbonyl (C=O) groups is 1. The van der Waals surface area contributed by atoms with Gasteiger partial charge in [-0.25, -0.2) is 4.79 Å². The molecule has 2 aliphatic rings. The summed E-state index contributed by atoms with van der Waals surface area (Å²) in [6.07, 6.45) is 9.02. The average Bonchev–Trinajstić information content (AvgIpc) is 2.45. The van der Waals surface area contributed by atoms with Crippen molar-refractivity contribution < 1.29 is 9.53 Å². The third-order valence-corrected chi connectivity index (χ3v) is 4.35. The van der Waals surface area contributed by atoms with E-state index >= 15 is 0 Å². The Morgan fingerprint density at radius 1 is 1.16 bits per heavy atom. The summed E-state index contributed by atoms with van der Waals surface area (Å²) < 4.78 is 5.80. The fourth-order valence-electron chi connectivity index (χ4n) is 2.94. The second-order valence-corrected chi connectivity index (χ2v) is 6.03. The summed E-state index contributed by atoms with van der Waals surface area (Å²) in [6, 6.07) is 0.0825. The molecule has 0 aromatic rings. The maximum absolute atomic E-state index is 11.9. The van der Waals surface area contributed by atoms with Gasteiger partial charge >= 0.3 is 6.03 Å². The van der Waals surface area contributed by atoms with Crippen LogP contribution in [0.3, 0.4) is 0 Å². The van der Waals surface area contributed by atoms with E-state index in [9.17, 15) is 4.79 Å². The fraction of sp³-hybridized carbons (Fsp3) is 0.933. The predicted octanol–water partition coefficient (Wildman–Crippen LogP) is 2.78. The molecule has 0 radical (unpaired) electrons. The van der Waals surface area contributed by atoms with Crippen molar-refractivity contribution in [1.82, 2.24) is 10.2 Å². The molecular weight excluding hydrogens is 240 g/mol. The minimum Gasteiger partial charge on any atom is -0.376 e. The van der Waals surface area contributed by atoms with Crippen LogP contribution in [0.5, 0.6) is 0 Å². The molecule has 0 bridgehead atoms. The molecule has 2 rings (SSSR count). The van der Waals surface area contributed by atoms with E-state index in [2.05, 4.69) is 12.2 Å². The molecule has 1 N–H and O–H groups in total. The maximum Gasteiger partial charge on any atom is 0.317 e. The minimum absolute atomic E-state index is 0.0825. The second-order valence-electron chi connectivity index (χ2n) is 6.03. The molecule has 0 unspecified atom stereocenters. The van der Waals surface area contributed by atoms with Crippen molar-refractivity contribution in [1.29, 1.82) is 0 Å². The van der Waals surface area contributed by atoms with Crippen molar-refractivity contribution in [2.45, 2.75) is 58.0 Å². The number of amides is 2. The van der Waals surface area contributed by atoms with Gasteiger partial charge in [0.15, 0.2) is 0 Å². The molecule has 0 aromatic carbocycles. The first-order valence-electron chi connectivity index (χ1n) is 7.90. The summed E-state index contributed by atoms with van der Waals surface area (Å²) in [7, 11) is 0. The van der Waals surface area contributed by atoms with Crippen molar-refractivity contribution in [3.05, 3.63) is 0 Å². The van der Waals surface area contributed by atoms with Crippen LogP contribution in [0.15, 0.2) is 0 Å². The Bertz CT molecular complexity index is 269. The SMILES string of the molecule is CC1CCN(C(=O)NCCOC2CCCCC2)CC1. The molecule has 1 heterocycles. The van der Waals surface area contributed by atoms with Gasteiger partial charge in [0.1, 0.15) is 0 Å². The summed E-state index contributed by atoms with van der Waals surface area (Å²) in [5.74, 6) is 0.763. The molecule has 4 nitrogen and oxygen atoms in total. The molecule has 1 aliphatic carbocycles. The quantitative estimate of drug-likeness (QED) is 0.797. The van der Waals surface area contributed by atoms with E-state index in [1.165, 1.54) is 32.1 Å². The molecule has 0 aromatic heterocycles. The van der Waals surface area contributed by atoms with Crippen LogP contribution >= 0.6 is 0 Å². The van der Waals surface area contributed by atoms with E-state index in [0.717, 1.165) is 31.8 Å². The van der Waals surface area contributed by atoms with Gasteiger partial charge in [0, 0.05) is 19.6 Å². The normalized spacial score (nSPS) is 22.5. The number of rotatable bonds is 4. The number of nitrogens with zero attached hydrogens (tertiary/aromatic N) is 1. The Hall–Kier alpha value is -0.770. The summed E-state index contributed by atoms with van der Waals surface area (Å²) >= 11 is 0. The van der Waals surface area contributed by atoms with Crippen LogP contribution in [-0.4, -0.2) is 43.3 Å². The third kappa shape index (κ3) is 5.01. The Morgan fingerprint density at radius 2 is 1.84 bits per heavy atom. The Balaban J connectivity index is 1.53. The zero-order valence-corrected chi connectivity index (χ0v) is 12.2. The standard InChI is InChI=1S/C15H28N2O2/c1-13-7-10-17(11-8-13)15(18)16-9-12-19-14-5-3-2-4-6-14/h13-14H,2-12H2,1H3,(H,16,18). The van der Waals surface area contributed by atoms with Crippen molar-refractivity contribution in [2.75, 3.05) is 26.2 Å². The first-order chi connectivity index (χ1) is 9.25. The molecule has 0 spiro atoms. The highest BCUT2D eigenvalue weighted by atomic mass is 16.5. The van der Waals surface area contributed by atoms with Crippen molar-refractivity contribution in [3.63, 3.8) is 0 Å². The van der Waals surface area contributed by atoms with Crippen LogP contribution in [0.25, 0.3) is 0 Å². The van der Waals surface area contributed by atoms with Crippen LogP contribution in [0.2, 0.25) is 0 Å². The minimum atomic E-state index is 0.0825. The predicted molar refractivity (Wildman–Crippen MR) is 76.2 cm³/mol. The average molecular weight is 268 g/mol. The Kier molecular flexibility index (Phi) is 5.95. The van der Waals surface area contributed by atoms with E-state index in [-0.39, 0.29) is 6.03 Å². The van der Waals surface area contributed by atoms with Crippen LogP contribution in [-0.2, 0) is 4.74 Å². The Morgan fingerprint density at radius 3 is 2.53 bits per heavy atom. The van der Waals surface area contributed by atoms with Crippen molar-refractivity contribution in [2.24, 2.45) is 5.92 Å². The summed E-state index contributed by atoms with van der Waals surface area (Å²) in [5, 5.41) is 2.97. The molecule has 1 aliphatic heterocycles. The van der Waals surface area contributed by atoms with E-state index in [1.807, 2.05) is 4.90 Å². The Labute approximate surface area is 116 Å². The summed E-state index contributed by atoms with van der Waals surface area (Å²) in [4.78, 5) is 13.8. The van der Waals surface area contributed by atoms with E-state index < -0.39 is 0 Å². The van der Waals surface area contributed by atoms with Gasteiger partial charge in [0.05, 0.1) is 12.7 Å². The number of carbonyl (C=O) groups excluding carboxylic acids is 1. The number of hydrogen-bond donors (Lipinski definition) is 1. The molecule has 1 saturated carbocycles. The van der Waals surface area contributed by atoms with Gasteiger partial charge in [-0.05, 0) is 31.6 Å². The van der Waals surface area contributed by atoms with Crippen LogP contribution < -0.4 is 5.32 Å². The number of likely N-dealkylation sites (tertiary alicyclic amines) is 1. The lowest BCUT2D eigenvalue weighted by Gasteiger charge is -2.30. The van der Waals surface area contributed by atoms with Gasteiger partial charge in [0.25, 0.3) is 0 Å². The van der Waals surface area contributed by atoms with Crippen LogP contribution in [0.1, 0.15) is 51.9 Å². The molecule has 2 amide bonds. The molecule has 110 valence electrons. The lowest BCUT2D eigenvalue weighted by atomic mass is 9.98. The lowest BCUT2D eigenvalue weighted by Crippen LogP contribution is -2.45. The molecule has 4 heteroatoms. The number of nitrogens with one attached hydrogen (secondary N) is 1. The molecule has 1 saturated heterocycles. The molecule has 0 atom stereocenters. The molecule has 2 fully saturated rings. The summed E-state index contributed by atoms with van der Waals surface area (Å²) in [6.45, 7) is 5.35. The zero-order valence-electron chi connectivity index (χ0n) is 12.2. The fourth-order valence-corrected chi connectivity index (χ4v) is 2.94. The monoisotopic (exact) mass is 268 g/mol. The smallest absolute Gasteiger partial charge is 0.317 e. The highest BCUT2D eigenvalue weighted by Crippen LogP contribution is 2.20. The topological polar surface area (TPSA) is 41.6 Å². The van der Waals surface area contributed by atoms with Gasteiger partial charge in [-0.1, -0.05) is 26.2 Å². The van der Waals surface area contributed by atoms with Crippen molar-refractivity contribution in [3.8, 4) is 0 Å². The van der Waals surface area contributed by atoms with E-state index in [0.29, 0.717) is 19.3 Å². The van der Waals surface area contributed by atoms with Crippen molar-refractivity contribution >= 4 is 6.03 Å². The number of hydrogen-bond acceptors (Lipinski definition) is 2. The highest BCUT2D eigenvalue weighted by Gasteiger charge is 2.20. The van der Waals surface area contributed by atoms with Gasteiger partial charge < -0.3 is 15.0 Å². The zero-order chi connectivity index (χ0) is 13.5. The number of urea groups is 1. The maximum atomic E-state index is 11.9. The van der Waals surface area contributed by atoms with Crippen LogP contribution in [0.4, 0.5) is 4.79 Å². The number of piperidine rings is 1. The van der Waals surface area contributed by atoms with Gasteiger partial charge in [-0.15, -0.1) is 0 Å². The van der Waals surface area contributed by atoms with Gasteiger partial charge in [-0.3, -0.25) is 0 Å². The van der Waals surface area contributed by atoms with Crippen LogP contribution in [0, 0.1) is 5.92 Å². The largest absolute Gasteiger partial charge is 0.376 e. The first-order valence-corrected chi connectivity index (χ1v) is 7.90. The van der Waals surface area contributed by atoms with Gasteiger partial charge in [0.2, 0.25) is 0 Å². The lowest BCUT2D eigenvalue weighted by molar-refractivity contribution is 0.0305. The van der Waals surface area contributed by atoms with E-state index in [4.69, 9.17) is 4.74 Å². The third-order valence-electron chi connectivity index (χ3n) is 4.35. The van der Waals surface area contributed by atoms with E-state index in [1.54, 1.807) is 0 Å². The first kappa shape index (κ1) is 14.6. The second kappa shape index (κ2) is 7.73. The highest BCUT2D eigenvalue weighted by molar-refractivity contribution is 5.74. The van der Waals surface area contributed by atoms with Gasteiger partial charge in [-0.2, -0.15) is 0 Å². The number of ether oxygens (including phenoxy) is 1. The molecule has 19 heavy (non-hydrogen) atoms. The summed E-state index contributed by atoms with van der Waals surface area (Å²) in [5.41, 5.74) is 0.